The summed E-state index contributed by atoms with van der Waals surface area (Å²) in [5, 5.41) is 15.6. The zero-order chi connectivity index (χ0) is 14.8. The van der Waals surface area contributed by atoms with Gasteiger partial charge in [0.25, 0.3) is 0 Å². The fraction of sp³-hybridized carbons (Fsp3) is 0.643. The van der Waals surface area contributed by atoms with Gasteiger partial charge >= 0.3 is 5.97 Å². The van der Waals surface area contributed by atoms with Crippen LogP contribution in [0.2, 0.25) is 0 Å². The number of carbonyl (C=O) groups is 2. The number of aryl methyl sites for hydroxylation is 1. The van der Waals surface area contributed by atoms with Crippen molar-refractivity contribution in [3.05, 3.63) is 18.5 Å². The molecule has 0 spiro atoms. The maximum Gasteiger partial charge on any atom is 0.303 e. The molecule has 1 heterocycles. The van der Waals surface area contributed by atoms with Crippen molar-refractivity contribution in [2.24, 2.45) is 5.92 Å². The Morgan fingerprint density at radius 2 is 2.15 bits per heavy atom. The number of rotatable bonds is 10. The monoisotopic (exact) mass is 281 g/mol. The highest BCUT2D eigenvalue weighted by molar-refractivity contribution is 5.75. The van der Waals surface area contributed by atoms with Crippen LogP contribution < -0.4 is 5.32 Å². The number of hydrogen-bond acceptors (Lipinski definition) is 3. The lowest BCUT2D eigenvalue weighted by atomic mass is 9.96. The predicted molar refractivity (Wildman–Crippen MR) is 75.1 cm³/mol. The molecule has 6 heteroatoms. The summed E-state index contributed by atoms with van der Waals surface area (Å²) in [5.41, 5.74) is 0. The van der Waals surface area contributed by atoms with Gasteiger partial charge in [-0.3, -0.25) is 14.3 Å². The van der Waals surface area contributed by atoms with Crippen LogP contribution in [0.15, 0.2) is 18.5 Å². The van der Waals surface area contributed by atoms with Crippen LogP contribution in [0.5, 0.6) is 0 Å². The largest absolute Gasteiger partial charge is 0.481 e. The van der Waals surface area contributed by atoms with E-state index in [2.05, 4.69) is 10.4 Å². The summed E-state index contributed by atoms with van der Waals surface area (Å²) in [6.45, 7) is 3.23. The number of nitrogens with zero attached hydrogens (tertiary/aromatic N) is 2. The number of carboxylic acid groups (broad SMARTS) is 1. The highest BCUT2D eigenvalue weighted by Crippen LogP contribution is 2.14. The molecule has 112 valence electrons. The molecule has 1 aromatic rings. The van der Waals surface area contributed by atoms with E-state index in [0.29, 0.717) is 31.8 Å². The maximum absolute atomic E-state index is 11.6. The lowest BCUT2D eigenvalue weighted by Gasteiger charge is -2.14. The molecule has 6 nitrogen and oxygen atoms in total. The highest BCUT2D eigenvalue weighted by atomic mass is 16.4. The standard InChI is InChI=1S/C14H23N3O3/c1-2-12(4-5-14(19)20)6-9-15-13(18)7-11-17-10-3-8-16-17/h3,8,10,12H,2,4-7,9,11H2,1H3,(H,15,18)(H,19,20). The van der Waals surface area contributed by atoms with Gasteiger partial charge in [0.15, 0.2) is 0 Å². The van der Waals surface area contributed by atoms with Crippen molar-refractivity contribution < 1.29 is 14.7 Å². The molecule has 1 atom stereocenters. The minimum Gasteiger partial charge on any atom is -0.481 e. The fourth-order valence-electron chi connectivity index (χ4n) is 2.03. The molecule has 1 amide bonds. The van der Waals surface area contributed by atoms with Gasteiger partial charge in [-0.15, -0.1) is 0 Å². The summed E-state index contributed by atoms with van der Waals surface area (Å²) in [6, 6.07) is 1.83. The summed E-state index contributed by atoms with van der Waals surface area (Å²) in [7, 11) is 0. The van der Waals surface area contributed by atoms with Gasteiger partial charge in [0.05, 0.1) is 0 Å². The molecule has 20 heavy (non-hydrogen) atoms. The van der Waals surface area contributed by atoms with Crippen LogP contribution in [0, 0.1) is 5.92 Å². The first kappa shape index (κ1) is 16.2. The number of amides is 1. The van der Waals surface area contributed by atoms with Crippen molar-refractivity contribution >= 4 is 11.9 Å². The van der Waals surface area contributed by atoms with Gasteiger partial charge in [-0.25, -0.2) is 0 Å². The van der Waals surface area contributed by atoms with Gasteiger partial charge in [-0.1, -0.05) is 13.3 Å². The third-order valence-corrected chi connectivity index (χ3v) is 3.35. The fourth-order valence-corrected chi connectivity index (χ4v) is 2.03. The van der Waals surface area contributed by atoms with Gasteiger partial charge in [0, 0.05) is 38.3 Å². The molecule has 1 rings (SSSR count). The summed E-state index contributed by atoms with van der Waals surface area (Å²) < 4.78 is 1.72. The van der Waals surface area contributed by atoms with Crippen molar-refractivity contribution in [3.8, 4) is 0 Å². The molecule has 0 aliphatic heterocycles. The van der Waals surface area contributed by atoms with Crippen LogP contribution in [-0.2, 0) is 16.1 Å². The van der Waals surface area contributed by atoms with E-state index >= 15 is 0 Å². The predicted octanol–water partition coefficient (Wildman–Crippen LogP) is 1.67. The first-order valence-corrected chi connectivity index (χ1v) is 7.07. The first-order chi connectivity index (χ1) is 9.61. The van der Waals surface area contributed by atoms with E-state index in [0.717, 1.165) is 12.8 Å². The topological polar surface area (TPSA) is 84.2 Å². The Morgan fingerprint density at radius 1 is 1.35 bits per heavy atom. The molecule has 0 aliphatic carbocycles. The second-order valence-electron chi connectivity index (χ2n) is 4.86. The Labute approximate surface area is 119 Å². The molecular weight excluding hydrogens is 258 g/mol. The van der Waals surface area contributed by atoms with Gasteiger partial charge in [-0.05, 0) is 24.8 Å². The van der Waals surface area contributed by atoms with Crippen molar-refractivity contribution in [3.63, 3.8) is 0 Å². The number of nitrogens with one attached hydrogen (secondary N) is 1. The lowest BCUT2D eigenvalue weighted by Crippen LogP contribution is -2.27. The van der Waals surface area contributed by atoms with E-state index < -0.39 is 5.97 Å². The van der Waals surface area contributed by atoms with Crippen LogP contribution in [0.4, 0.5) is 0 Å². The molecule has 0 aliphatic rings. The Morgan fingerprint density at radius 3 is 2.75 bits per heavy atom. The summed E-state index contributed by atoms with van der Waals surface area (Å²) in [5.74, 6) is -0.391. The molecule has 0 saturated carbocycles. The minimum atomic E-state index is -0.758. The van der Waals surface area contributed by atoms with E-state index in [1.165, 1.54) is 0 Å². The van der Waals surface area contributed by atoms with Crippen LogP contribution in [-0.4, -0.2) is 33.3 Å². The van der Waals surface area contributed by atoms with Gasteiger partial charge < -0.3 is 10.4 Å². The molecule has 1 aromatic heterocycles. The van der Waals surface area contributed by atoms with E-state index in [4.69, 9.17) is 5.11 Å². The second kappa shape index (κ2) is 9.12. The molecule has 0 fully saturated rings. The zero-order valence-electron chi connectivity index (χ0n) is 11.9. The quantitative estimate of drug-likeness (QED) is 0.683. The van der Waals surface area contributed by atoms with Crippen molar-refractivity contribution in [1.29, 1.82) is 0 Å². The average molecular weight is 281 g/mol. The molecule has 2 N–H and O–H groups in total. The second-order valence-corrected chi connectivity index (χ2v) is 4.86. The van der Waals surface area contributed by atoms with Crippen LogP contribution in [0.1, 0.15) is 39.0 Å². The first-order valence-electron chi connectivity index (χ1n) is 7.07. The van der Waals surface area contributed by atoms with Gasteiger partial charge in [-0.2, -0.15) is 5.10 Å². The lowest BCUT2D eigenvalue weighted by molar-refractivity contribution is -0.137. The Kier molecular flexibility index (Phi) is 7.39. The Bertz CT molecular complexity index is 404. The van der Waals surface area contributed by atoms with Crippen molar-refractivity contribution in [2.45, 2.75) is 45.6 Å². The molecule has 1 unspecified atom stereocenters. The number of carboxylic acids is 1. The van der Waals surface area contributed by atoms with Crippen molar-refractivity contribution in [2.75, 3.05) is 6.54 Å². The Balaban J connectivity index is 2.11. The smallest absolute Gasteiger partial charge is 0.303 e. The highest BCUT2D eigenvalue weighted by Gasteiger charge is 2.09. The molecular formula is C14H23N3O3. The third-order valence-electron chi connectivity index (χ3n) is 3.35. The van der Waals surface area contributed by atoms with Crippen molar-refractivity contribution in [1.82, 2.24) is 15.1 Å². The van der Waals surface area contributed by atoms with E-state index in [9.17, 15) is 9.59 Å². The summed E-state index contributed by atoms with van der Waals surface area (Å²) in [6.07, 6.45) is 6.57. The molecule has 0 bridgehead atoms. The van der Waals surface area contributed by atoms with Crippen LogP contribution in [0.3, 0.4) is 0 Å². The molecule has 0 aromatic carbocycles. The third kappa shape index (κ3) is 6.92. The minimum absolute atomic E-state index is 0.00795. The SMILES string of the molecule is CCC(CCNC(=O)CCn1cccn1)CCC(=O)O. The number of aliphatic carboxylic acids is 1. The number of aromatic nitrogens is 2. The summed E-state index contributed by atoms with van der Waals surface area (Å²) in [4.78, 5) is 22.1. The Hall–Kier alpha value is -1.85. The molecule has 0 radical (unpaired) electrons. The van der Waals surface area contributed by atoms with E-state index in [1.807, 2.05) is 19.2 Å². The van der Waals surface area contributed by atoms with Crippen LogP contribution in [0.25, 0.3) is 0 Å². The average Bonchev–Trinajstić information content (AvgIpc) is 2.93. The van der Waals surface area contributed by atoms with Crippen LogP contribution >= 0.6 is 0 Å². The normalized spacial score (nSPS) is 12.1. The number of hydrogen-bond donors (Lipinski definition) is 2. The number of carbonyl (C=O) groups excluding carboxylic acids is 1. The van der Waals surface area contributed by atoms with Gasteiger partial charge in [0.1, 0.15) is 0 Å². The van der Waals surface area contributed by atoms with E-state index in [1.54, 1.807) is 10.9 Å². The van der Waals surface area contributed by atoms with E-state index in [-0.39, 0.29) is 12.3 Å². The maximum atomic E-state index is 11.6. The summed E-state index contributed by atoms with van der Waals surface area (Å²) >= 11 is 0. The van der Waals surface area contributed by atoms with Gasteiger partial charge in [0.2, 0.25) is 5.91 Å². The molecule has 0 saturated heterocycles. The zero-order valence-corrected chi connectivity index (χ0v) is 11.9.